The lowest BCUT2D eigenvalue weighted by atomic mass is 10.2. The van der Waals surface area contributed by atoms with Crippen LogP contribution in [0.5, 0.6) is 0 Å². The van der Waals surface area contributed by atoms with Crippen molar-refractivity contribution in [3.05, 3.63) is 23.2 Å². The van der Waals surface area contributed by atoms with Gasteiger partial charge < -0.3 is 10.6 Å². The molecule has 2 N–H and O–H groups in total. The molecule has 0 spiro atoms. The number of nitrogen functional groups attached to an aromatic ring is 1. The Balaban J connectivity index is 2.34. The van der Waals surface area contributed by atoms with Crippen molar-refractivity contribution in [2.75, 3.05) is 32.9 Å². The van der Waals surface area contributed by atoms with Crippen LogP contribution in [0, 0.1) is 0 Å². The van der Waals surface area contributed by atoms with Crippen molar-refractivity contribution < 1.29 is 8.42 Å². The van der Waals surface area contributed by atoms with Gasteiger partial charge in [-0.1, -0.05) is 11.6 Å². The third-order valence-corrected chi connectivity index (χ3v) is 5.72. The normalized spacial score (nSPS) is 20.7. The molecule has 1 fully saturated rings. The van der Waals surface area contributed by atoms with Crippen LogP contribution >= 0.6 is 11.6 Å². The van der Waals surface area contributed by atoms with E-state index in [9.17, 15) is 8.42 Å². The van der Waals surface area contributed by atoms with Gasteiger partial charge in [-0.15, -0.1) is 0 Å². The molecule has 0 saturated carbocycles. The maximum atomic E-state index is 12.7. The molecule has 0 aliphatic carbocycles. The van der Waals surface area contributed by atoms with Crippen LogP contribution in [0.1, 0.15) is 12.8 Å². The summed E-state index contributed by atoms with van der Waals surface area (Å²) in [6.45, 7) is 1.26. The fourth-order valence-corrected chi connectivity index (χ4v) is 4.57. The van der Waals surface area contributed by atoms with Crippen molar-refractivity contribution in [2.45, 2.75) is 23.8 Å². The first-order valence-electron chi connectivity index (χ1n) is 6.54. The highest BCUT2D eigenvalue weighted by Crippen LogP contribution is 2.30. The standard InChI is InChI=1S/C13H20ClN3O2S/c1-16(2)9-11-4-3-7-17(11)20(18,19)13-6-5-10(14)8-12(13)15/h5-6,8,11H,3-4,7,9,15H2,1-2H3. The predicted octanol–water partition coefficient (Wildman–Crippen LogP) is 1.64. The van der Waals surface area contributed by atoms with Crippen LogP contribution in [0.3, 0.4) is 0 Å². The van der Waals surface area contributed by atoms with E-state index in [2.05, 4.69) is 0 Å². The van der Waals surface area contributed by atoms with Crippen LogP contribution in [-0.2, 0) is 10.0 Å². The minimum Gasteiger partial charge on any atom is -0.398 e. The van der Waals surface area contributed by atoms with E-state index in [1.807, 2.05) is 19.0 Å². The molecule has 5 nitrogen and oxygen atoms in total. The summed E-state index contributed by atoms with van der Waals surface area (Å²) >= 11 is 5.83. The molecule has 112 valence electrons. The predicted molar refractivity (Wildman–Crippen MR) is 81.3 cm³/mol. The van der Waals surface area contributed by atoms with E-state index in [1.165, 1.54) is 12.1 Å². The summed E-state index contributed by atoms with van der Waals surface area (Å²) in [4.78, 5) is 2.15. The molecule has 1 aromatic rings. The Bertz CT molecular complexity index is 589. The van der Waals surface area contributed by atoms with Crippen LogP contribution in [0.15, 0.2) is 23.1 Å². The molecular weight excluding hydrogens is 298 g/mol. The van der Waals surface area contributed by atoms with Crippen molar-refractivity contribution in [1.29, 1.82) is 0 Å². The highest BCUT2D eigenvalue weighted by atomic mass is 35.5. The molecule has 1 aromatic carbocycles. The highest BCUT2D eigenvalue weighted by Gasteiger charge is 2.36. The molecule has 1 atom stereocenters. The second-order valence-electron chi connectivity index (χ2n) is 5.36. The molecule has 20 heavy (non-hydrogen) atoms. The quantitative estimate of drug-likeness (QED) is 0.857. The summed E-state index contributed by atoms with van der Waals surface area (Å²) in [6, 6.07) is 4.52. The summed E-state index contributed by atoms with van der Waals surface area (Å²) in [6.07, 6.45) is 1.76. The third kappa shape index (κ3) is 3.09. The lowest BCUT2D eigenvalue weighted by Crippen LogP contribution is -2.41. The van der Waals surface area contributed by atoms with Gasteiger partial charge in [0.05, 0.1) is 5.69 Å². The largest absolute Gasteiger partial charge is 0.398 e. The van der Waals surface area contributed by atoms with Crippen LogP contribution in [-0.4, -0.2) is 50.8 Å². The van der Waals surface area contributed by atoms with Gasteiger partial charge in [-0.25, -0.2) is 8.42 Å². The molecule has 0 aromatic heterocycles. The SMILES string of the molecule is CN(C)CC1CCCN1S(=O)(=O)c1ccc(Cl)cc1N. The average molecular weight is 318 g/mol. The van der Waals surface area contributed by atoms with Crippen LogP contribution in [0.2, 0.25) is 5.02 Å². The molecule has 1 unspecified atom stereocenters. The molecule has 1 saturated heterocycles. The molecule has 0 radical (unpaired) electrons. The number of benzene rings is 1. The minimum atomic E-state index is -3.56. The first kappa shape index (κ1) is 15.6. The lowest BCUT2D eigenvalue weighted by Gasteiger charge is -2.26. The molecule has 7 heteroatoms. The first-order chi connectivity index (χ1) is 9.32. The molecule has 0 amide bonds. The van der Waals surface area contributed by atoms with Gasteiger partial charge in [0, 0.05) is 24.2 Å². The zero-order chi connectivity index (χ0) is 14.9. The zero-order valence-corrected chi connectivity index (χ0v) is 13.3. The summed E-state index contributed by atoms with van der Waals surface area (Å²) in [5, 5.41) is 0.438. The number of likely N-dealkylation sites (N-methyl/N-ethyl adjacent to an activating group) is 1. The van der Waals surface area contributed by atoms with Crippen LogP contribution in [0.25, 0.3) is 0 Å². The topological polar surface area (TPSA) is 66.6 Å². The first-order valence-corrected chi connectivity index (χ1v) is 8.36. The van der Waals surface area contributed by atoms with E-state index >= 15 is 0 Å². The van der Waals surface area contributed by atoms with Crippen molar-refractivity contribution >= 4 is 27.3 Å². The molecule has 1 aliphatic heterocycles. The van der Waals surface area contributed by atoms with E-state index in [0.29, 0.717) is 18.1 Å². The smallest absolute Gasteiger partial charge is 0.245 e. The van der Waals surface area contributed by atoms with Gasteiger partial charge in [0.25, 0.3) is 0 Å². The van der Waals surface area contributed by atoms with Gasteiger partial charge >= 0.3 is 0 Å². The minimum absolute atomic E-state index is 0.00470. The Morgan fingerprint density at radius 2 is 2.15 bits per heavy atom. The van der Waals surface area contributed by atoms with E-state index in [-0.39, 0.29) is 16.6 Å². The number of hydrogen-bond acceptors (Lipinski definition) is 4. The van der Waals surface area contributed by atoms with E-state index in [1.54, 1.807) is 10.4 Å². The summed E-state index contributed by atoms with van der Waals surface area (Å²) in [5.74, 6) is 0. The number of hydrogen-bond donors (Lipinski definition) is 1. The van der Waals surface area contributed by atoms with Crippen molar-refractivity contribution in [2.24, 2.45) is 0 Å². The number of halogens is 1. The zero-order valence-electron chi connectivity index (χ0n) is 11.7. The Morgan fingerprint density at radius 1 is 1.45 bits per heavy atom. The maximum Gasteiger partial charge on any atom is 0.245 e. The number of nitrogens with two attached hydrogens (primary N) is 1. The molecule has 1 aliphatic rings. The lowest BCUT2D eigenvalue weighted by molar-refractivity contribution is 0.291. The second kappa shape index (κ2) is 5.89. The second-order valence-corrected chi connectivity index (χ2v) is 7.65. The summed E-state index contributed by atoms with van der Waals surface area (Å²) < 4.78 is 27.0. The molecule has 2 rings (SSSR count). The van der Waals surface area contributed by atoms with Gasteiger partial charge in [0.15, 0.2) is 0 Å². The Labute approximate surface area is 125 Å². The van der Waals surface area contributed by atoms with Gasteiger partial charge in [0.1, 0.15) is 4.90 Å². The van der Waals surface area contributed by atoms with E-state index < -0.39 is 10.0 Å². The van der Waals surface area contributed by atoms with Crippen LogP contribution in [0.4, 0.5) is 5.69 Å². The fraction of sp³-hybridized carbons (Fsp3) is 0.538. The summed E-state index contributed by atoms with van der Waals surface area (Å²) in [7, 11) is 0.331. The van der Waals surface area contributed by atoms with Gasteiger partial charge in [-0.05, 0) is 45.1 Å². The van der Waals surface area contributed by atoms with Gasteiger partial charge in [-0.3, -0.25) is 0 Å². The number of rotatable bonds is 4. The number of anilines is 1. The van der Waals surface area contributed by atoms with E-state index in [0.717, 1.165) is 12.8 Å². The van der Waals surface area contributed by atoms with Crippen molar-refractivity contribution in [1.82, 2.24) is 9.21 Å². The average Bonchev–Trinajstić information content (AvgIpc) is 2.76. The van der Waals surface area contributed by atoms with Gasteiger partial charge in [0.2, 0.25) is 10.0 Å². The van der Waals surface area contributed by atoms with Crippen molar-refractivity contribution in [3.63, 3.8) is 0 Å². The van der Waals surface area contributed by atoms with E-state index in [4.69, 9.17) is 17.3 Å². The van der Waals surface area contributed by atoms with Gasteiger partial charge in [-0.2, -0.15) is 4.31 Å². The number of nitrogens with zero attached hydrogens (tertiary/aromatic N) is 2. The number of sulfonamides is 1. The molecular formula is C13H20ClN3O2S. The van der Waals surface area contributed by atoms with Crippen LogP contribution < -0.4 is 5.73 Å². The Kier molecular flexibility index (Phi) is 4.59. The molecule has 1 heterocycles. The summed E-state index contributed by atoms with van der Waals surface area (Å²) in [5.41, 5.74) is 6.02. The monoisotopic (exact) mass is 317 g/mol. The maximum absolute atomic E-state index is 12.7. The highest BCUT2D eigenvalue weighted by molar-refractivity contribution is 7.89. The molecule has 0 bridgehead atoms. The Morgan fingerprint density at radius 3 is 2.75 bits per heavy atom. The third-order valence-electron chi connectivity index (χ3n) is 3.46. The Hall–Kier alpha value is -0.820. The fourth-order valence-electron chi connectivity index (χ4n) is 2.61. The van der Waals surface area contributed by atoms with Crippen molar-refractivity contribution in [3.8, 4) is 0 Å².